The molecule has 0 radical (unpaired) electrons. The molecule has 0 bridgehead atoms. The lowest BCUT2D eigenvalue weighted by atomic mass is 9.66. The summed E-state index contributed by atoms with van der Waals surface area (Å²) in [6, 6.07) is 0. The zero-order valence-corrected chi connectivity index (χ0v) is 15.9. The van der Waals surface area contributed by atoms with Crippen molar-refractivity contribution in [2.45, 2.75) is 98.8 Å². The first-order valence-electron chi connectivity index (χ1n) is 10.0. The molecule has 2 aliphatic rings. The maximum Gasteiger partial charge on any atom is 0.132 e. The molecule has 0 aromatic heterocycles. The second-order valence-corrected chi connectivity index (χ2v) is 8.01. The molecule has 0 saturated heterocycles. The normalized spacial score (nSPS) is 34.9. The van der Waals surface area contributed by atoms with E-state index in [0.29, 0.717) is 11.7 Å². The lowest BCUT2D eigenvalue weighted by molar-refractivity contribution is -0.120. The fourth-order valence-electron chi connectivity index (χ4n) is 4.57. The molecule has 0 heterocycles. The first-order valence-corrected chi connectivity index (χ1v) is 10.0. The molecule has 22 heavy (non-hydrogen) atoms. The van der Waals surface area contributed by atoms with Gasteiger partial charge in [0.2, 0.25) is 0 Å². The molecule has 5 atom stereocenters. The van der Waals surface area contributed by atoms with Crippen molar-refractivity contribution in [3.8, 4) is 0 Å². The van der Waals surface area contributed by atoms with Crippen LogP contribution in [0.25, 0.3) is 0 Å². The van der Waals surface area contributed by atoms with Crippen LogP contribution in [0.5, 0.6) is 0 Å². The smallest absolute Gasteiger partial charge is 0.132 e. The van der Waals surface area contributed by atoms with E-state index < -0.39 is 0 Å². The minimum atomic E-state index is 0.492. The number of carbonyl (C=O) groups is 1. The summed E-state index contributed by atoms with van der Waals surface area (Å²) in [6.45, 7) is 11.2. The zero-order valence-electron chi connectivity index (χ0n) is 15.9. The second-order valence-electron chi connectivity index (χ2n) is 8.01. The van der Waals surface area contributed by atoms with Gasteiger partial charge in [-0.15, -0.1) is 0 Å². The Bertz CT molecular complexity index is 307. The summed E-state index contributed by atoms with van der Waals surface area (Å²) in [5, 5.41) is 0. The number of ketones is 1. The molecule has 1 nitrogen and oxygen atoms in total. The molecule has 0 aromatic rings. The Hall–Kier alpha value is -0.330. The van der Waals surface area contributed by atoms with Crippen molar-refractivity contribution in [2.24, 2.45) is 29.6 Å². The molecule has 2 aliphatic carbocycles. The number of unbranched alkanes of at least 4 members (excludes halogenated alkanes) is 1. The van der Waals surface area contributed by atoms with Gasteiger partial charge in [-0.3, -0.25) is 4.79 Å². The number of carbonyl (C=O) groups excluding carboxylic acids is 1. The molecule has 0 aliphatic heterocycles. The van der Waals surface area contributed by atoms with Gasteiger partial charge in [0.05, 0.1) is 0 Å². The number of Topliss-reactive ketones (excluding diaryl/α,β-unsaturated/α-hetero) is 1. The number of fused-ring (bicyclic) bond motifs is 1. The van der Waals surface area contributed by atoms with Gasteiger partial charge in [-0.1, -0.05) is 66.7 Å². The van der Waals surface area contributed by atoms with Crippen molar-refractivity contribution < 1.29 is 4.79 Å². The standard InChI is InChI=1S/C17H30O.C4H10/c1-4-15(18)11-14-10-12(2)8-9-16-13(3)6-5-7-17(14)16;1-3-4-2/h12-14,16-17H,4-11H2,1-3H3;3-4H2,1-2H3. The van der Waals surface area contributed by atoms with Crippen LogP contribution in [-0.2, 0) is 4.79 Å². The Morgan fingerprint density at radius 3 is 2.18 bits per heavy atom. The third-order valence-corrected chi connectivity index (χ3v) is 6.17. The maximum atomic E-state index is 11.9. The van der Waals surface area contributed by atoms with Gasteiger partial charge in [0.1, 0.15) is 5.78 Å². The largest absolute Gasteiger partial charge is 0.300 e. The summed E-state index contributed by atoms with van der Waals surface area (Å²) >= 11 is 0. The molecule has 1 heteroatoms. The van der Waals surface area contributed by atoms with E-state index in [4.69, 9.17) is 0 Å². The number of hydrogen-bond acceptors (Lipinski definition) is 1. The van der Waals surface area contributed by atoms with Crippen molar-refractivity contribution in [1.82, 2.24) is 0 Å². The van der Waals surface area contributed by atoms with Crippen LogP contribution in [0, 0.1) is 29.6 Å². The fourth-order valence-corrected chi connectivity index (χ4v) is 4.57. The lowest BCUT2D eigenvalue weighted by Gasteiger charge is -2.39. The van der Waals surface area contributed by atoms with Crippen molar-refractivity contribution >= 4 is 5.78 Å². The summed E-state index contributed by atoms with van der Waals surface area (Å²) in [5.41, 5.74) is 0. The summed E-state index contributed by atoms with van der Waals surface area (Å²) in [7, 11) is 0. The monoisotopic (exact) mass is 308 g/mol. The predicted molar refractivity (Wildman–Crippen MR) is 97.0 cm³/mol. The van der Waals surface area contributed by atoms with Gasteiger partial charge in [-0.05, 0) is 48.9 Å². The Morgan fingerprint density at radius 2 is 1.59 bits per heavy atom. The van der Waals surface area contributed by atoms with Gasteiger partial charge in [0.25, 0.3) is 0 Å². The zero-order chi connectivity index (χ0) is 16.5. The van der Waals surface area contributed by atoms with Crippen molar-refractivity contribution in [1.29, 1.82) is 0 Å². The Morgan fingerprint density at radius 1 is 0.909 bits per heavy atom. The van der Waals surface area contributed by atoms with E-state index in [0.717, 1.165) is 36.5 Å². The molecule has 130 valence electrons. The average Bonchev–Trinajstić information content (AvgIpc) is 2.68. The highest BCUT2D eigenvalue weighted by molar-refractivity contribution is 5.78. The molecule has 5 unspecified atom stereocenters. The van der Waals surface area contributed by atoms with E-state index in [1.165, 1.54) is 51.4 Å². The van der Waals surface area contributed by atoms with Gasteiger partial charge < -0.3 is 0 Å². The van der Waals surface area contributed by atoms with Crippen LogP contribution >= 0.6 is 0 Å². The van der Waals surface area contributed by atoms with E-state index in [-0.39, 0.29) is 0 Å². The third-order valence-electron chi connectivity index (χ3n) is 6.17. The van der Waals surface area contributed by atoms with Crippen molar-refractivity contribution in [3.05, 3.63) is 0 Å². The predicted octanol–water partition coefficient (Wildman–Crippen LogP) is 6.65. The third kappa shape index (κ3) is 6.05. The molecule has 2 rings (SSSR count). The number of hydrogen-bond donors (Lipinski definition) is 0. The van der Waals surface area contributed by atoms with Crippen molar-refractivity contribution in [2.75, 3.05) is 0 Å². The molecule has 0 amide bonds. The van der Waals surface area contributed by atoms with Gasteiger partial charge in [-0.2, -0.15) is 0 Å². The topological polar surface area (TPSA) is 17.1 Å². The molecule has 2 saturated carbocycles. The summed E-state index contributed by atoms with van der Waals surface area (Å²) in [5.74, 6) is 4.69. The Balaban J connectivity index is 0.000000541. The minimum absolute atomic E-state index is 0.492. The quantitative estimate of drug-likeness (QED) is 0.568. The minimum Gasteiger partial charge on any atom is -0.300 e. The first-order chi connectivity index (χ1) is 10.5. The average molecular weight is 309 g/mol. The lowest BCUT2D eigenvalue weighted by Crippen LogP contribution is -2.31. The first kappa shape index (κ1) is 19.7. The molecular weight excluding hydrogens is 268 g/mol. The van der Waals surface area contributed by atoms with Crippen LogP contribution in [-0.4, -0.2) is 5.78 Å². The van der Waals surface area contributed by atoms with Gasteiger partial charge >= 0.3 is 0 Å². The van der Waals surface area contributed by atoms with Gasteiger partial charge in [-0.25, -0.2) is 0 Å². The van der Waals surface area contributed by atoms with Gasteiger partial charge in [0.15, 0.2) is 0 Å². The van der Waals surface area contributed by atoms with Crippen LogP contribution in [0.3, 0.4) is 0 Å². The molecule has 0 N–H and O–H groups in total. The fraction of sp³-hybridized carbons (Fsp3) is 0.952. The van der Waals surface area contributed by atoms with E-state index in [2.05, 4.69) is 27.7 Å². The van der Waals surface area contributed by atoms with Crippen LogP contribution in [0.15, 0.2) is 0 Å². The maximum absolute atomic E-state index is 11.9. The number of rotatable bonds is 4. The second kappa shape index (κ2) is 10.4. The Labute approximate surface area is 139 Å². The van der Waals surface area contributed by atoms with E-state index in [9.17, 15) is 4.79 Å². The summed E-state index contributed by atoms with van der Waals surface area (Å²) in [4.78, 5) is 11.9. The highest BCUT2D eigenvalue weighted by atomic mass is 16.1. The summed E-state index contributed by atoms with van der Waals surface area (Å²) in [6.07, 6.45) is 12.6. The van der Waals surface area contributed by atoms with Crippen molar-refractivity contribution in [3.63, 3.8) is 0 Å². The highest BCUT2D eigenvalue weighted by Gasteiger charge is 2.38. The molecule has 0 aromatic carbocycles. The molecular formula is C21H40O. The van der Waals surface area contributed by atoms with Gasteiger partial charge in [0, 0.05) is 12.8 Å². The van der Waals surface area contributed by atoms with E-state index in [1.54, 1.807) is 0 Å². The van der Waals surface area contributed by atoms with E-state index >= 15 is 0 Å². The molecule has 2 fully saturated rings. The summed E-state index contributed by atoms with van der Waals surface area (Å²) < 4.78 is 0. The van der Waals surface area contributed by atoms with Crippen LogP contribution in [0.2, 0.25) is 0 Å². The Kier molecular flexibility index (Phi) is 9.36. The SMILES string of the molecule is CCC(=O)CC1CC(C)CCC2C(C)CCCC12.CCCC. The van der Waals surface area contributed by atoms with Crippen LogP contribution < -0.4 is 0 Å². The van der Waals surface area contributed by atoms with Crippen LogP contribution in [0.1, 0.15) is 98.8 Å². The molecule has 0 spiro atoms. The van der Waals surface area contributed by atoms with E-state index in [1.807, 2.05) is 6.92 Å². The van der Waals surface area contributed by atoms with Crippen LogP contribution in [0.4, 0.5) is 0 Å². The highest BCUT2D eigenvalue weighted by Crippen LogP contribution is 2.47.